The van der Waals surface area contributed by atoms with Gasteiger partial charge in [-0.05, 0) is 56.0 Å². The van der Waals surface area contributed by atoms with Gasteiger partial charge in [-0.25, -0.2) is 9.97 Å². The van der Waals surface area contributed by atoms with Crippen LogP contribution in [0.2, 0.25) is 0 Å². The van der Waals surface area contributed by atoms with Crippen LogP contribution in [0.4, 0.5) is 5.82 Å². The van der Waals surface area contributed by atoms with Crippen molar-refractivity contribution in [1.29, 1.82) is 0 Å². The average molecular weight is 419 g/mol. The largest absolute Gasteiger partial charge is 0.382 e. The van der Waals surface area contributed by atoms with Crippen LogP contribution in [-0.2, 0) is 6.42 Å². The van der Waals surface area contributed by atoms with Crippen molar-refractivity contribution in [2.75, 3.05) is 18.8 Å². The Bertz CT molecular complexity index is 1230. The van der Waals surface area contributed by atoms with Gasteiger partial charge in [0.1, 0.15) is 5.52 Å². The van der Waals surface area contributed by atoms with E-state index < -0.39 is 0 Å². The lowest BCUT2D eigenvalue weighted by molar-refractivity contribution is 0.0773. The maximum absolute atomic E-state index is 12.7. The van der Waals surface area contributed by atoms with Crippen molar-refractivity contribution in [3.63, 3.8) is 0 Å². The van der Waals surface area contributed by atoms with Gasteiger partial charge < -0.3 is 10.6 Å². The fraction of sp³-hybridized carbons (Fsp3) is 0.292. The van der Waals surface area contributed by atoms with E-state index in [1.165, 1.54) is 0 Å². The van der Waals surface area contributed by atoms with Gasteiger partial charge in [0.15, 0.2) is 5.82 Å². The number of amides is 1. The van der Waals surface area contributed by atoms with Gasteiger partial charge in [0, 0.05) is 24.0 Å². The molecule has 4 rings (SSSR count). The molecule has 5 nitrogen and oxygen atoms in total. The fourth-order valence-corrected chi connectivity index (χ4v) is 4.95. The molecule has 0 radical (unpaired) electrons. The number of hydrogen-bond donors (Lipinski definition) is 1. The molecule has 0 bridgehead atoms. The summed E-state index contributed by atoms with van der Waals surface area (Å²) in [5.41, 5.74) is 10.6. The lowest BCUT2D eigenvalue weighted by atomic mass is 10.0. The van der Waals surface area contributed by atoms with E-state index in [2.05, 4.69) is 29.0 Å². The van der Waals surface area contributed by atoms with E-state index >= 15 is 0 Å². The molecule has 2 aromatic carbocycles. The number of fused-ring (bicyclic) bond motifs is 3. The molecule has 0 atom stereocenters. The second-order valence-electron chi connectivity index (χ2n) is 7.32. The van der Waals surface area contributed by atoms with Gasteiger partial charge in [-0.15, -0.1) is 11.3 Å². The summed E-state index contributed by atoms with van der Waals surface area (Å²) in [6.45, 7) is 7.54. The predicted octanol–water partition coefficient (Wildman–Crippen LogP) is 5.53. The number of rotatable bonds is 6. The van der Waals surface area contributed by atoms with E-state index in [1.807, 2.05) is 49.1 Å². The molecular weight excluding hydrogens is 392 g/mol. The molecule has 2 aromatic heterocycles. The van der Waals surface area contributed by atoms with Crippen LogP contribution in [0, 0.1) is 0 Å². The number of nitrogen functional groups attached to an aromatic ring is 1. The number of nitrogens with two attached hydrogens (primary N) is 1. The quantitative estimate of drug-likeness (QED) is 0.447. The van der Waals surface area contributed by atoms with E-state index in [9.17, 15) is 4.79 Å². The van der Waals surface area contributed by atoms with E-state index in [0.717, 1.165) is 50.1 Å². The van der Waals surface area contributed by atoms with Gasteiger partial charge in [0.05, 0.1) is 15.2 Å². The molecule has 2 N–H and O–H groups in total. The molecule has 0 aliphatic carbocycles. The first-order valence-electron chi connectivity index (χ1n) is 10.4. The molecular formula is C24H26N4OS. The topological polar surface area (TPSA) is 72.1 Å². The standard InChI is InChI=1S/C24H26N4OS/c1-4-8-20-27-21-22(30-20)18-12-11-16(14-19(18)26-23(21)25)15-9-7-10-17(13-15)24(29)28(5-2)6-3/h7,9-14H,4-6,8H2,1-3H3,(H2,25,26). The minimum atomic E-state index is 0.0554. The molecule has 0 fully saturated rings. The number of thiazole rings is 1. The summed E-state index contributed by atoms with van der Waals surface area (Å²) in [6.07, 6.45) is 2.00. The average Bonchev–Trinajstić information content (AvgIpc) is 3.19. The number of aromatic nitrogens is 2. The zero-order valence-electron chi connectivity index (χ0n) is 17.6. The molecule has 0 saturated carbocycles. The molecule has 0 saturated heterocycles. The Balaban J connectivity index is 1.78. The summed E-state index contributed by atoms with van der Waals surface area (Å²) >= 11 is 1.70. The monoisotopic (exact) mass is 418 g/mol. The molecule has 0 aliphatic heterocycles. The predicted molar refractivity (Wildman–Crippen MR) is 126 cm³/mol. The zero-order valence-corrected chi connectivity index (χ0v) is 18.4. The van der Waals surface area contributed by atoms with E-state index in [0.29, 0.717) is 24.5 Å². The number of carbonyl (C=O) groups is 1. The molecule has 30 heavy (non-hydrogen) atoms. The van der Waals surface area contributed by atoms with E-state index in [4.69, 9.17) is 5.73 Å². The van der Waals surface area contributed by atoms with Crippen molar-refractivity contribution in [3.05, 3.63) is 53.0 Å². The Hall–Kier alpha value is -2.99. The maximum atomic E-state index is 12.7. The Morgan fingerprint density at radius 2 is 1.80 bits per heavy atom. The van der Waals surface area contributed by atoms with Crippen molar-refractivity contribution in [2.24, 2.45) is 0 Å². The third-order valence-corrected chi connectivity index (χ3v) is 6.50. The highest BCUT2D eigenvalue weighted by molar-refractivity contribution is 7.19. The SMILES string of the molecule is CCCc1nc2c(N)nc3cc(-c4cccc(C(=O)N(CC)CC)c4)ccc3c2s1. The number of carbonyl (C=O) groups excluding carboxylic acids is 1. The number of anilines is 1. The zero-order chi connectivity index (χ0) is 21.3. The lowest BCUT2D eigenvalue weighted by Crippen LogP contribution is -2.30. The third-order valence-electron chi connectivity index (χ3n) is 5.35. The number of nitrogens with zero attached hydrogens (tertiary/aromatic N) is 3. The van der Waals surface area contributed by atoms with Crippen LogP contribution < -0.4 is 5.73 Å². The molecule has 6 heteroatoms. The van der Waals surface area contributed by atoms with Crippen molar-refractivity contribution in [3.8, 4) is 11.1 Å². The van der Waals surface area contributed by atoms with Crippen LogP contribution in [0.1, 0.15) is 42.6 Å². The molecule has 0 unspecified atom stereocenters. The first kappa shape index (κ1) is 20.3. The fourth-order valence-electron chi connectivity index (χ4n) is 3.74. The first-order valence-corrected chi connectivity index (χ1v) is 11.3. The van der Waals surface area contributed by atoms with Gasteiger partial charge in [-0.2, -0.15) is 0 Å². The Kier molecular flexibility index (Phi) is 5.68. The van der Waals surface area contributed by atoms with Gasteiger partial charge in [-0.1, -0.05) is 31.2 Å². The summed E-state index contributed by atoms with van der Waals surface area (Å²) in [7, 11) is 0. The third kappa shape index (κ3) is 3.63. The lowest BCUT2D eigenvalue weighted by Gasteiger charge is -2.19. The number of hydrogen-bond acceptors (Lipinski definition) is 5. The van der Waals surface area contributed by atoms with Crippen LogP contribution in [0.25, 0.3) is 32.2 Å². The highest BCUT2D eigenvalue weighted by atomic mass is 32.1. The first-order chi connectivity index (χ1) is 14.5. The molecule has 2 heterocycles. The Morgan fingerprint density at radius 1 is 1.03 bits per heavy atom. The van der Waals surface area contributed by atoms with Gasteiger partial charge in [0.25, 0.3) is 5.91 Å². The van der Waals surface area contributed by atoms with Crippen LogP contribution in [0.15, 0.2) is 42.5 Å². The molecule has 154 valence electrons. The van der Waals surface area contributed by atoms with Gasteiger partial charge >= 0.3 is 0 Å². The summed E-state index contributed by atoms with van der Waals surface area (Å²) in [6, 6.07) is 14.0. The minimum absolute atomic E-state index is 0.0554. The van der Waals surface area contributed by atoms with Crippen LogP contribution in [-0.4, -0.2) is 33.9 Å². The van der Waals surface area contributed by atoms with Crippen molar-refractivity contribution in [2.45, 2.75) is 33.6 Å². The normalized spacial score (nSPS) is 11.3. The van der Waals surface area contributed by atoms with Crippen molar-refractivity contribution >= 4 is 44.2 Å². The highest BCUT2D eigenvalue weighted by Gasteiger charge is 2.15. The van der Waals surface area contributed by atoms with Gasteiger partial charge in [-0.3, -0.25) is 4.79 Å². The van der Waals surface area contributed by atoms with Crippen LogP contribution in [0.5, 0.6) is 0 Å². The number of aryl methyl sites for hydroxylation is 1. The minimum Gasteiger partial charge on any atom is -0.382 e. The summed E-state index contributed by atoms with van der Waals surface area (Å²) < 4.78 is 1.10. The summed E-state index contributed by atoms with van der Waals surface area (Å²) in [5, 5.41) is 2.17. The smallest absolute Gasteiger partial charge is 0.253 e. The molecule has 0 aliphatic rings. The molecule has 0 spiro atoms. The van der Waals surface area contributed by atoms with Crippen LogP contribution >= 0.6 is 11.3 Å². The van der Waals surface area contributed by atoms with Crippen molar-refractivity contribution in [1.82, 2.24) is 14.9 Å². The Morgan fingerprint density at radius 3 is 2.53 bits per heavy atom. The van der Waals surface area contributed by atoms with Crippen LogP contribution in [0.3, 0.4) is 0 Å². The molecule has 1 amide bonds. The Labute approximate surface area is 180 Å². The second kappa shape index (κ2) is 8.40. The number of benzene rings is 2. The summed E-state index contributed by atoms with van der Waals surface area (Å²) in [4.78, 5) is 23.9. The highest BCUT2D eigenvalue weighted by Crippen LogP contribution is 2.35. The maximum Gasteiger partial charge on any atom is 0.253 e. The van der Waals surface area contributed by atoms with E-state index in [1.54, 1.807) is 11.3 Å². The molecule has 4 aromatic rings. The second-order valence-corrected chi connectivity index (χ2v) is 8.41. The van der Waals surface area contributed by atoms with E-state index in [-0.39, 0.29) is 5.91 Å². The summed E-state index contributed by atoms with van der Waals surface area (Å²) in [5.74, 6) is 0.526. The van der Waals surface area contributed by atoms with Gasteiger partial charge in [0.2, 0.25) is 0 Å². The number of pyridine rings is 1. The van der Waals surface area contributed by atoms with Crippen molar-refractivity contribution < 1.29 is 4.79 Å².